The smallest absolute Gasteiger partial charge is 0.241 e. The Hall–Kier alpha value is -3.36. The van der Waals surface area contributed by atoms with E-state index in [1.54, 1.807) is 0 Å². The van der Waals surface area contributed by atoms with Crippen molar-refractivity contribution in [2.24, 2.45) is 0 Å². The fourth-order valence-electron chi connectivity index (χ4n) is 3.30. The molecular formula is C25H28N2O5S. The van der Waals surface area contributed by atoms with Gasteiger partial charge in [0.05, 0.1) is 19.1 Å². The lowest BCUT2D eigenvalue weighted by molar-refractivity contribution is -0.122. The van der Waals surface area contributed by atoms with Gasteiger partial charge in [0.1, 0.15) is 6.04 Å². The molecule has 8 heteroatoms. The van der Waals surface area contributed by atoms with Crippen LogP contribution in [0.1, 0.15) is 16.7 Å². The first-order chi connectivity index (χ1) is 15.8. The van der Waals surface area contributed by atoms with Crippen LogP contribution in [-0.2, 0) is 27.8 Å². The second-order valence-corrected chi connectivity index (χ2v) is 9.30. The standard InChI is InChI=1S/C25H28N2O5S/c1-18-9-11-20(12-10-18)17-26-25(28)22(15-19-7-5-4-6-8-19)27-33(29,30)21-13-14-23(31-2)24(16-21)32-3/h4-14,16,22,27H,15,17H2,1-3H3,(H,26,28). The fourth-order valence-corrected chi connectivity index (χ4v) is 4.51. The van der Waals surface area contributed by atoms with Gasteiger partial charge in [0, 0.05) is 12.6 Å². The quantitative estimate of drug-likeness (QED) is 0.477. The summed E-state index contributed by atoms with van der Waals surface area (Å²) in [7, 11) is -1.12. The van der Waals surface area contributed by atoms with Crippen LogP contribution in [0.2, 0.25) is 0 Å². The third-order valence-electron chi connectivity index (χ3n) is 5.15. The van der Waals surface area contributed by atoms with E-state index in [1.807, 2.05) is 61.5 Å². The number of sulfonamides is 1. The molecular weight excluding hydrogens is 440 g/mol. The minimum absolute atomic E-state index is 0.0236. The molecule has 0 heterocycles. The van der Waals surface area contributed by atoms with E-state index in [4.69, 9.17) is 9.47 Å². The molecule has 3 aromatic rings. The maximum atomic E-state index is 13.1. The highest BCUT2D eigenvalue weighted by atomic mass is 32.2. The molecule has 0 aliphatic carbocycles. The van der Waals surface area contributed by atoms with Crippen LogP contribution in [0.4, 0.5) is 0 Å². The molecule has 0 radical (unpaired) electrons. The summed E-state index contributed by atoms with van der Waals surface area (Å²) in [5, 5.41) is 2.84. The van der Waals surface area contributed by atoms with Crippen LogP contribution in [0.15, 0.2) is 77.7 Å². The predicted molar refractivity (Wildman–Crippen MR) is 127 cm³/mol. The number of carbonyl (C=O) groups is 1. The fraction of sp³-hybridized carbons (Fsp3) is 0.240. The highest BCUT2D eigenvalue weighted by Gasteiger charge is 2.27. The minimum Gasteiger partial charge on any atom is -0.493 e. The topological polar surface area (TPSA) is 93.7 Å². The van der Waals surface area contributed by atoms with Gasteiger partial charge in [0.2, 0.25) is 15.9 Å². The van der Waals surface area contributed by atoms with Gasteiger partial charge in [-0.2, -0.15) is 4.72 Å². The lowest BCUT2D eigenvalue weighted by Crippen LogP contribution is -2.47. The number of ether oxygens (including phenoxy) is 2. The first-order valence-electron chi connectivity index (χ1n) is 10.4. The molecule has 0 aliphatic rings. The van der Waals surface area contributed by atoms with Crippen molar-refractivity contribution >= 4 is 15.9 Å². The molecule has 0 fully saturated rings. The molecule has 0 spiro atoms. The first kappa shape index (κ1) is 24.3. The third-order valence-corrected chi connectivity index (χ3v) is 6.62. The van der Waals surface area contributed by atoms with Crippen molar-refractivity contribution in [2.45, 2.75) is 30.8 Å². The van der Waals surface area contributed by atoms with Gasteiger partial charge in [-0.25, -0.2) is 8.42 Å². The molecule has 0 bridgehead atoms. The zero-order valence-corrected chi connectivity index (χ0v) is 19.7. The van der Waals surface area contributed by atoms with Gasteiger partial charge in [-0.3, -0.25) is 4.79 Å². The summed E-state index contributed by atoms with van der Waals surface area (Å²) in [4.78, 5) is 13.0. The van der Waals surface area contributed by atoms with Gasteiger partial charge in [-0.05, 0) is 36.6 Å². The zero-order chi connectivity index (χ0) is 23.8. The van der Waals surface area contributed by atoms with Crippen LogP contribution in [-0.4, -0.2) is 34.6 Å². The Morgan fingerprint density at radius 2 is 1.55 bits per heavy atom. The van der Waals surface area contributed by atoms with E-state index < -0.39 is 22.0 Å². The van der Waals surface area contributed by atoms with Gasteiger partial charge in [-0.15, -0.1) is 0 Å². The van der Waals surface area contributed by atoms with Crippen molar-refractivity contribution in [1.82, 2.24) is 10.0 Å². The van der Waals surface area contributed by atoms with E-state index in [9.17, 15) is 13.2 Å². The predicted octanol–water partition coefficient (Wildman–Crippen LogP) is 3.22. The Balaban J connectivity index is 1.82. The van der Waals surface area contributed by atoms with E-state index in [0.29, 0.717) is 12.3 Å². The largest absolute Gasteiger partial charge is 0.493 e. The van der Waals surface area contributed by atoms with E-state index in [1.165, 1.54) is 32.4 Å². The van der Waals surface area contributed by atoms with Crippen LogP contribution in [0, 0.1) is 6.92 Å². The van der Waals surface area contributed by atoms with E-state index in [-0.39, 0.29) is 17.1 Å². The maximum absolute atomic E-state index is 13.1. The summed E-state index contributed by atoms with van der Waals surface area (Å²) in [5.74, 6) is 0.278. The lowest BCUT2D eigenvalue weighted by atomic mass is 10.1. The number of amides is 1. The van der Waals surface area contributed by atoms with Crippen molar-refractivity contribution < 1.29 is 22.7 Å². The van der Waals surface area contributed by atoms with Gasteiger partial charge in [-0.1, -0.05) is 60.2 Å². The Morgan fingerprint density at radius 3 is 2.18 bits per heavy atom. The zero-order valence-electron chi connectivity index (χ0n) is 18.9. The number of benzene rings is 3. The summed E-state index contributed by atoms with van der Waals surface area (Å²) < 4.78 is 39.2. The van der Waals surface area contributed by atoms with Gasteiger partial charge in [0.15, 0.2) is 11.5 Å². The molecule has 1 amide bonds. The molecule has 0 saturated carbocycles. The number of aryl methyl sites for hydroxylation is 1. The number of hydrogen-bond acceptors (Lipinski definition) is 5. The summed E-state index contributed by atoms with van der Waals surface area (Å²) in [6.07, 6.45) is 0.201. The molecule has 1 unspecified atom stereocenters. The van der Waals surface area contributed by atoms with Crippen molar-refractivity contribution in [3.8, 4) is 11.5 Å². The van der Waals surface area contributed by atoms with Crippen LogP contribution in [0.5, 0.6) is 11.5 Å². The number of rotatable bonds is 10. The van der Waals surface area contributed by atoms with E-state index >= 15 is 0 Å². The number of carbonyl (C=O) groups excluding carboxylic acids is 1. The molecule has 0 saturated heterocycles. The average molecular weight is 469 g/mol. The Morgan fingerprint density at radius 1 is 0.879 bits per heavy atom. The molecule has 0 aromatic heterocycles. The summed E-state index contributed by atoms with van der Waals surface area (Å²) in [6.45, 7) is 2.28. The second kappa shape index (κ2) is 11.0. The van der Waals surface area contributed by atoms with Crippen LogP contribution >= 0.6 is 0 Å². The summed E-state index contributed by atoms with van der Waals surface area (Å²) in [5.41, 5.74) is 2.88. The number of nitrogens with one attached hydrogen (secondary N) is 2. The van der Waals surface area contributed by atoms with Crippen molar-refractivity contribution in [3.05, 3.63) is 89.5 Å². The summed E-state index contributed by atoms with van der Waals surface area (Å²) in [6, 6.07) is 20.3. The van der Waals surface area contributed by atoms with Crippen LogP contribution in [0.25, 0.3) is 0 Å². The number of methoxy groups -OCH3 is 2. The minimum atomic E-state index is -4.02. The van der Waals surface area contributed by atoms with Gasteiger partial charge in [0.25, 0.3) is 0 Å². The lowest BCUT2D eigenvalue weighted by Gasteiger charge is -2.19. The Bertz CT molecular complexity index is 1180. The molecule has 3 rings (SSSR count). The molecule has 174 valence electrons. The molecule has 33 heavy (non-hydrogen) atoms. The summed E-state index contributed by atoms with van der Waals surface area (Å²) >= 11 is 0. The SMILES string of the molecule is COc1ccc(S(=O)(=O)NC(Cc2ccccc2)C(=O)NCc2ccc(C)cc2)cc1OC. The van der Waals surface area contributed by atoms with Crippen molar-refractivity contribution in [2.75, 3.05) is 14.2 Å². The molecule has 3 aromatic carbocycles. The normalized spacial score (nSPS) is 12.1. The first-order valence-corrected chi connectivity index (χ1v) is 11.9. The molecule has 0 aliphatic heterocycles. The number of hydrogen-bond donors (Lipinski definition) is 2. The van der Waals surface area contributed by atoms with Crippen molar-refractivity contribution in [1.29, 1.82) is 0 Å². The molecule has 1 atom stereocenters. The van der Waals surface area contributed by atoms with Gasteiger partial charge >= 0.3 is 0 Å². The second-order valence-electron chi connectivity index (χ2n) is 7.58. The highest BCUT2D eigenvalue weighted by Crippen LogP contribution is 2.29. The van der Waals surface area contributed by atoms with E-state index in [0.717, 1.165) is 16.7 Å². The molecule has 2 N–H and O–H groups in total. The van der Waals surface area contributed by atoms with Crippen LogP contribution < -0.4 is 19.5 Å². The Kier molecular flexibility index (Phi) is 8.08. The highest BCUT2D eigenvalue weighted by molar-refractivity contribution is 7.89. The van der Waals surface area contributed by atoms with Gasteiger partial charge < -0.3 is 14.8 Å². The monoisotopic (exact) mass is 468 g/mol. The third kappa shape index (κ3) is 6.57. The van der Waals surface area contributed by atoms with Crippen molar-refractivity contribution in [3.63, 3.8) is 0 Å². The van der Waals surface area contributed by atoms with Crippen LogP contribution in [0.3, 0.4) is 0 Å². The maximum Gasteiger partial charge on any atom is 0.241 e. The molecule has 7 nitrogen and oxygen atoms in total. The average Bonchev–Trinajstić information content (AvgIpc) is 2.83. The van der Waals surface area contributed by atoms with E-state index in [2.05, 4.69) is 10.0 Å². The Labute approximate surface area is 194 Å².